The van der Waals surface area contributed by atoms with Crippen molar-refractivity contribution in [2.24, 2.45) is 10.2 Å². The second kappa shape index (κ2) is 7.70. The van der Waals surface area contributed by atoms with Gasteiger partial charge in [-0.3, -0.25) is 14.9 Å². The molecule has 0 amide bonds. The minimum atomic E-state index is -0.575. The third kappa shape index (κ3) is 3.96. The summed E-state index contributed by atoms with van der Waals surface area (Å²) in [5.41, 5.74) is 0.602. The Balaban J connectivity index is 1.97. The van der Waals surface area contributed by atoms with Crippen molar-refractivity contribution in [1.82, 2.24) is 4.98 Å². The van der Waals surface area contributed by atoms with Crippen molar-refractivity contribution in [3.05, 3.63) is 69.9 Å². The van der Waals surface area contributed by atoms with Crippen LogP contribution in [0, 0.1) is 10.1 Å². The number of hydrogen-bond donors (Lipinski definition) is 1. The SMILES string of the molecule is COc1cc(O)c(C(=O)c2ccccc2)cc1N=Nc1ncc([N+](=O)[O-])s1. The molecule has 0 saturated heterocycles. The van der Waals surface area contributed by atoms with Crippen molar-refractivity contribution in [2.45, 2.75) is 0 Å². The molecule has 0 bridgehead atoms. The van der Waals surface area contributed by atoms with Gasteiger partial charge < -0.3 is 9.84 Å². The molecule has 0 saturated carbocycles. The lowest BCUT2D eigenvalue weighted by Crippen LogP contribution is -2.01. The molecule has 0 aliphatic rings. The van der Waals surface area contributed by atoms with E-state index in [1.54, 1.807) is 30.3 Å². The maximum Gasteiger partial charge on any atom is 0.345 e. The Morgan fingerprint density at radius 1 is 1.26 bits per heavy atom. The monoisotopic (exact) mass is 384 g/mol. The Morgan fingerprint density at radius 2 is 2.00 bits per heavy atom. The van der Waals surface area contributed by atoms with Crippen LogP contribution in [-0.4, -0.2) is 27.9 Å². The number of phenolic OH excluding ortho intramolecular Hbond substituents is 1. The average molecular weight is 384 g/mol. The number of nitrogens with zero attached hydrogens (tertiary/aromatic N) is 4. The number of carbonyl (C=O) groups is 1. The lowest BCUT2D eigenvalue weighted by atomic mass is 10.0. The van der Waals surface area contributed by atoms with Crippen LogP contribution in [0.5, 0.6) is 11.5 Å². The molecule has 0 fully saturated rings. The molecule has 10 heteroatoms. The smallest absolute Gasteiger partial charge is 0.345 e. The fourth-order valence-electron chi connectivity index (χ4n) is 2.21. The van der Waals surface area contributed by atoms with E-state index in [1.807, 2.05) is 0 Å². The number of aromatic nitrogens is 1. The number of nitro groups is 1. The molecule has 9 nitrogen and oxygen atoms in total. The van der Waals surface area contributed by atoms with Gasteiger partial charge in [-0.2, -0.15) is 0 Å². The normalized spacial score (nSPS) is 10.9. The molecule has 27 heavy (non-hydrogen) atoms. The summed E-state index contributed by atoms with van der Waals surface area (Å²) in [5.74, 6) is -0.464. The number of methoxy groups -OCH3 is 1. The quantitative estimate of drug-likeness (QED) is 0.290. The number of ketones is 1. The van der Waals surface area contributed by atoms with E-state index >= 15 is 0 Å². The van der Waals surface area contributed by atoms with Gasteiger partial charge >= 0.3 is 5.00 Å². The first-order valence-electron chi connectivity index (χ1n) is 7.52. The maximum atomic E-state index is 12.6. The minimum Gasteiger partial charge on any atom is -0.507 e. The largest absolute Gasteiger partial charge is 0.507 e. The molecular weight excluding hydrogens is 372 g/mol. The van der Waals surface area contributed by atoms with Crippen molar-refractivity contribution in [1.29, 1.82) is 0 Å². The number of rotatable bonds is 6. The third-order valence-electron chi connectivity index (χ3n) is 3.48. The fourth-order valence-corrected chi connectivity index (χ4v) is 2.76. The number of azo groups is 1. The number of benzene rings is 2. The summed E-state index contributed by atoms with van der Waals surface area (Å²) >= 11 is 0.756. The topological polar surface area (TPSA) is 127 Å². The third-order valence-corrected chi connectivity index (χ3v) is 4.32. The molecule has 0 spiro atoms. The standard InChI is InChI=1S/C17H12N4O5S/c1-26-14-8-13(22)11(16(23)10-5-3-2-4-6-10)7-12(14)19-20-17-18-9-15(27-17)21(24)25/h2-9,22H,1H3. The summed E-state index contributed by atoms with van der Waals surface area (Å²) in [6.45, 7) is 0. The highest BCUT2D eigenvalue weighted by Gasteiger charge is 2.18. The Bertz CT molecular complexity index is 1030. The zero-order valence-electron chi connectivity index (χ0n) is 13.9. The summed E-state index contributed by atoms with van der Waals surface area (Å²) in [6, 6.07) is 11.1. The number of hydrogen-bond acceptors (Lipinski definition) is 9. The van der Waals surface area contributed by atoms with Gasteiger partial charge in [0.25, 0.3) is 0 Å². The van der Waals surface area contributed by atoms with E-state index in [-0.39, 0.29) is 32.9 Å². The molecule has 1 heterocycles. The van der Waals surface area contributed by atoms with Gasteiger partial charge in [-0.1, -0.05) is 30.3 Å². The van der Waals surface area contributed by atoms with Crippen molar-refractivity contribution in [3.8, 4) is 11.5 Å². The van der Waals surface area contributed by atoms with E-state index in [9.17, 15) is 20.0 Å². The van der Waals surface area contributed by atoms with Gasteiger partial charge in [0.2, 0.25) is 5.13 Å². The van der Waals surface area contributed by atoms with E-state index < -0.39 is 10.7 Å². The first kappa shape index (κ1) is 18.1. The highest BCUT2D eigenvalue weighted by atomic mass is 32.1. The Labute approximate surface area is 156 Å². The van der Waals surface area contributed by atoms with Crippen LogP contribution in [-0.2, 0) is 0 Å². The molecule has 1 aromatic heterocycles. The van der Waals surface area contributed by atoms with Gasteiger partial charge in [-0.15, -0.1) is 10.2 Å². The molecule has 3 rings (SSSR count). The van der Waals surface area contributed by atoms with Crippen molar-refractivity contribution in [3.63, 3.8) is 0 Å². The van der Waals surface area contributed by atoms with E-state index in [4.69, 9.17) is 4.74 Å². The molecular formula is C17H12N4O5S. The van der Waals surface area contributed by atoms with E-state index in [0.717, 1.165) is 17.5 Å². The first-order valence-corrected chi connectivity index (χ1v) is 8.34. The Morgan fingerprint density at radius 3 is 2.63 bits per heavy atom. The van der Waals surface area contributed by atoms with Crippen LogP contribution in [0.1, 0.15) is 15.9 Å². The number of phenols is 1. The summed E-state index contributed by atoms with van der Waals surface area (Å²) in [6.07, 6.45) is 1.08. The molecule has 0 radical (unpaired) electrons. The Hall–Kier alpha value is -3.66. The second-order valence-corrected chi connectivity index (χ2v) is 6.16. The van der Waals surface area contributed by atoms with Crippen LogP contribution >= 0.6 is 11.3 Å². The highest BCUT2D eigenvalue weighted by Crippen LogP contribution is 2.37. The van der Waals surface area contributed by atoms with Crippen LogP contribution in [0.25, 0.3) is 0 Å². The molecule has 0 aliphatic carbocycles. The molecule has 2 aromatic carbocycles. The van der Waals surface area contributed by atoms with Gasteiger partial charge in [0.05, 0.1) is 17.6 Å². The lowest BCUT2D eigenvalue weighted by Gasteiger charge is -2.09. The summed E-state index contributed by atoms with van der Waals surface area (Å²) in [4.78, 5) is 26.5. The van der Waals surface area contributed by atoms with Gasteiger partial charge in [-0.05, 0) is 17.4 Å². The van der Waals surface area contributed by atoms with Crippen LogP contribution in [0.15, 0.2) is 58.9 Å². The molecule has 0 unspecified atom stereocenters. The number of thiazole rings is 1. The van der Waals surface area contributed by atoms with E-state index in [0.29, 0.717) is 5.56 Å². The van der Waals surface area contributed by atoms with E-state index in [2.05, 4.69) is 15.2 Å². The average Bonchev–Trinajstić information content (AvgIpc) is 3.16. The molecule has 3 aromatic rings. The van der Waals surface area contributed by atoms with Crippen LogP contribution in [0.3, 0.4) is 0 Å². The first-order chi connectivity index (χ1) is 13.0. The predicted molar refractivity (Wildman–Crippen MR) is 97.5 cm³/mol. The molecule has 0 atom stereocenters. The second-order valence-electron chi connectivity index (χ2n) is 5.17. The number of aromatic hydroxyl groups is 1. The van der Waals surface area contributed by atoms with Crippen molar-refractivity contribution < 1.29 is 19.6 Å². The Kier molecular flexibility index (Phi) is 5.18. The zero-order valence-corrected chi connectivity index (χ0v) is 14.7. The highest BCUT2D eigenvalue weighted by molar-refractivity contribution is 7.18. The predicted octanol–water partition coefficient (Wildman–Crippen LogP) is 4.41. The zero-order chi connectivity index (χ0) is 19.4. The number of ether oxygens (including phenoxy) is 1. The van der Waals surface area contributed by atoms with Crippen LogP contribution < -0.4 is 4.74 Å². The lowest BCUT2D eigenvalue weighted by molar-refractivity contribution is -0.380. The minimum absolute atomic E-state index is 0.0288. The summed E-state index contributed by atoms with van der Waals surface area (Å²) in [5, 5.41) is 28.6. The van der Waals surface area contributed by atoms with Gasteiger partial charge in [-0.25, -0.2) is 4.98 Å². The van der Waals surface area contributed by atoms with Crippen molar-refractivity contribution in [2.75, 3.05) is 7.11 Å². The number of carbonyl (C=O) groups excluding carboxylic acids is 1. The molecule has 136 valence electrons. The maximum absolute atomic E-state index is 12.6. The van der Waals surface area contributed by atoms with Gasteiger partial charge in [0.1, 0.15) is 23.4 Å². The summed E-state index contributed by atoms with van der Waals surface area (Å²) in [7, 11) is 1.38. The van der Waals surface area contributed by atoms with E-state index in [1.165, 1.54) is 19.2 Å². The molecule has 0 aliphatic heterocycles. The van der Waals surface area contributed by atoms with Gasteiger partial charge in [0, 0.05) is 11.6 Å². The molecule has 1 N–H and O–H groups in total. The van der Waals surface area contributed by atoms with Crippen molar-refractivity contribution >= 4 is 32.9 Å². The summed E-state index contributed by atoms with van der Waals surface area (Å²) < 4.78 is 5.15. The van der Waals surface area contributed by atoms with Gasteiger partial charge in [0.15, 0.2) is 5.78 Å². The van der Waals surface area contributed by atoms with Crippen LogP contribution in [0.2, 0.25) is 0 Å². The van der Waals surface area contributed by atoms with Crippen LogP contribution in [0.4, 0.5) is 15.8 Å². The fraction of sp³-hybridized carbons (Fsp3) is 0.0588.